The lowest BCUT2D eigenvalue weighted by atomic mass is 10.1. The fourth-order valence-electron chi connectivity index (χ4n) is 3.24. The molecule has 0 amide bonds. The van der Waals surface area contributed by atoms with Gasteiger partial charge in [-0.05, 0) is 35.9 Å². The van der Waals surface area contributed by atoms with Gasteiger partial charge in [0.1, 0.15) is 27.5 Å². The van der Waals surface area contributed by atoms with Crippen LogP contribution in [-0.4, -0.2) is 43.9 Å². The monoisotopic (exact) mass is 498 g/mol. The first-order valence-electron chi connectivity index (χ1n) is 9.50. The summed E-state index contributed by atoms with van der Waals surface area (Å²) in [6.45, 7) is 0.393. The molecule has 4 rings (SSSR count). The van der Waals surface area contributed by atoms with E-state index in [2.05, 4.69) is 19.7 Å². The molecule has 0 aliphatic rings. The van der Waals surface area contributed by atoms with E-state index in [1.165, 1.54) is 14.2 Å². The van der Waals surface area contributed by atoms with Crippen LogP contribution in [0, 0.1) is 0 Å². The number of aromatic nitrogens is 3. The van der Waals surface area contributed by atoms with Crippen LogP contribution in [0.5, 0.6) is 17.2 Å². The van der Waals surface area contributed by atoms with Crippen molar-refractivity contribution in [2.24, 2.45) is 0 Å². The molecule has 4 aromatic rings. The van der Waals surface area contributed by atoms with E-state index in [1.54, 1.807) is 35.3 Å². The second kappa shape index (κ2) is 8.78. The molecule has 0 atom stereocenters. The molecule has 0 spiro atoms. The molecule has 0 unspecified atom stereocenters. The summed E-state index contributed by atoms with van der Waals surface area (Å²) in [6, 6.07) is 7.73. The standard InChI is InChI=1S/C20H17F3N4O6S/c1-30-14-5-4-13(32-20(21,22)23)10-17(14)34(28,29)26-19-18-15(31-2)8-12(9-16(18)33-25-19)11-27-7-3-6-24-27/h3-10H,11H2,1-2H3,(H,25,26). The number of sulfonamides is 1. The molecular weight excluding hydrogens is 481 g/mol. The molecule has 2 aromatic carbocycles. The molecule has 34 heavy (non-hydrogen) atoms. The Kier molecular flexibility index (Phi) is 6.00. The number of hydrogen-bond acceptors (Lipinski definition) is 8. The Bertz CT molecular complexity index is 1420. The number of nitrogens with zero attached hydrogens (tertiary/aromatic N) is 3. The number of rotatable bonds is 8. The van der Waals surface area contributed by atoms with Crippen LogP contribution in [0.25, 0.3) is 11.0 Å². The first-order valence-corrected chi connectivity index (χ1v) is 11.0. The van der Waals surface area contributed by atoms with Crippen LogP contribution in [0.3, 0.4) is 0 Å². The van der Waals surface area contributed by atoms with E-state index >= 15 is 0 Å². The number of anilines is 1. The van der Waals surface area contributed by atoms with Crippen molar-refractivity contribution in [2.75, 3.05) is 18.9 Å². The topological polar surface area (TPSA) is 118 Å². The third kappa shape index (κ3) is 4.85. The highest BCUT2D eigenvalue weighted by Crippen LogP contribution is 2.37. The van der Waals surface area contributed by atoms with Crippen LogP contribution in [-0.2, 0) is 16.6 Å². The van der Waals surface area contributed by atoms with Crippen molar-refractivity contribution < 1.29 is 40.3 Å². The van der Waals surface area contributed by atoms with Crippen LogP contribution in [0.1, 0.15) is 5.56 Å². The van der Waals surface area contributed by atoms with E-state index in [1.807, 2.05) is 0 Å². The van der Waals surface area contributed by atoms with Crippen molar-refractivity contribution in [1.82, 2.24) is 14.9 Å². The minimum absolute atomic E-state index is 0.205. The maximum Gasteiger partial charge on any atom is 0.573 e. The van der Waals surface area contributed by atoms with Gasteiger partial charge in [-0.1, -0.05) is 5.16 Å². The Morgan fingerprint density at radius 1 is 1.12 bits per heavy atom. The molecule has 1 N–H and O–H groups in total. The zero-order valence-corrected chi connectivity index (χ0v) is 18.5. The van der Waals surface area contributed by atoms with E-state index in [0.717, 1.165) is 17.7 Å². The number of benzene rings is 2. The summed E-state index contributed by atoms with van der Waals surface area (Å²) in [6.07, 6.45) is -1.62. The van der Waals surface area contributed by atoms with E-state index in [-0.39, 0.29) is 28.3 Å². The summed E-state index contributed by atoms with van der Waals surface area (Å²) >= 11 is 0. The highest BCUT2D eigenvalue weighted by atomic mass is 32.2. The van der Waals surface area contributed by atoms with Crippen molar-refractivity contribution >= 4 is 26.8 Å². The number of ether oxygens (including phenoxy) is 3. The Morgan fingerprint density at radius 3 is 2.53 bits per heavy atom. The van der Waals surface area contributed by atoms with Gasteiger partial charge >= 0.3 is 6.36 Å². The van der Waals surface area contributed by atoms with E-state index in [9.17, 15) is 21.6 Å². The average Bonchev–Trinajstić information content (AvgIpc) is 3.42. The van der Waals surface area contributed by atoms with Gasteiger partial charge in [0.2, 0.25) is 0 Å². The van der Waals surface area contributed by atoms with Crippen molar-refractivity contribution in [3.8, 4) is 17.2 Å². The highest BCUT2D eigenvalue weighted by molar-refractivity contribution is 7.92. The predicted octanol–water partition coefficient (Wildman–Crippen LogP) is 3.79. The third-order valence-electron chi connectivity index (χ3n) is 4.61. The second-order valence-electron chi connectivity index (χ2n) is 6.87. The van der Waals surface area contributed by atoms with Gasteiger partial charge in [-0.3, -0.25) is 9.40 Å². The maximum absolute atomic E-state index is 13.1. The first-order chi connectivity index (χ1) is 16.1. The average molecular weight is 498 g/mol. The minimum Gasteiger partial charge on any atom is -0.496 e. The van der Waals surface area contributed by atoms with Crippen LogP contribution < -0.4 is 18.9 Å². The van der Waals surface area contributed by atoms with Gasteiger partial charge in [0, 0.05) is 18.5 Å². The number of methoxy groups -OCH3 is 2. The van der Waals surface area contributed by atoms with E-state index in [4.69, 9.17) is 14.0 Å². The normalized spacial score (nSPS) is 12.0. The van der Waals surface area contributed by atoms with Crippen molar-refractivity contribution in [3.63, 3.8) is 0 Å². The number of halogens is 3. The number of nitrogens with one attached hydrogen (secondary N) is 1. The largest absolute Gasteiger partial charge is 0.573 e. The van der Waals surface area contributed by atoms with E-state index in [0.29, 0.717) is 12.6 Å². The Hall–Kier alpha value is -3.94. The predicted molar refractivity (Wildman–Crippen MR) is 112 cm³/mol. The Labute approximate surface area is 190 Å². The summed E-state index contributed by atoms with van der Waals surface area (Å²) in [7, 11) is -1.92. The summed E-state index contributed by atoms with van der Waals surface area (Å²) in [5, 5.41) is 8.12. The lowest BCUT2D eigenvalue weighted by Crippen LogP contribution is -2.18. The molecule has 14 heteroatoms. The molecule has 2 aromatic heterocycles. The van der Waals surface area contributed by atoms with Gasteiger partial charge in [-0.15, -0.1) is 13.2 Å². The molecule has 0 aliphatic carbocycles. The van der Waals surface area contributed by atoms with Gasteiger partial charge in [0.25, 0.3) is 10.0 Å². The molecule has 180 valence electrons. The second-order valence-corrected chi connectivity index (χ2v) is 8.52. The molecule has 0 saturated carbocycles. The van der Waals surface area contributed by atoms with Crippen molar-refractivity contribution in [1.29, 1.82) is 0 Å². The SMILES string of the molecule is COc1ccc(OC(F)(F)F)cc1S(=O)(=O)Nc1noc2cc(Cn3cccn3)cc(OC)c12. The summed E-state index contributed by atoms with van der Waals surface area (Å²) in [5.74, 6) is -0.899. The summed E-state index contributed by atoms with van der Waals surface area (Å²) < 4.78 is 87.3. The Balaban J connectivity index is 1.71. The number of alkyl halides is 3. The summed E-state index contributed by atoms with van der Waals surface area (Å²) in [4.78, 5) is -0.595. The first kappa shape index (κ1) is 23.2. The van der Waals surface area contributed by atoms with Crippen molar-refractivity contribution in [2.45, 2.75) is 17.8 Å². The van der Waals surface area contributed by atoms with Gasteiger partial charge in [-0.2, -0.15) is 5.10 Å². The molecule has 0 bridgehead atoms. The summed E-state index contributed by atoms with van der Waals surface area (Å²) in [5.41, 5.74) is 0.970. The van der Waals surface area contributed by atoms with Gasteiger partial charge in [-0.25, -0.2) is 8.42 Å². The van der Waals surface area contributed by atoms with Crippen LogP contribution in [0.15, 0.2) is 58.2 Å². The van der Waals surface area contributed by atoms with Crippen LogP contribution in [0.2, 0.25) is 0 Å². The fourth-order valence-corrected chi connectivity index (χ4v) is 4.43. The van der Waals surface area contributed by atoms with Crippen molar-refractivity contribution in [3.05, 3.63) is 54.4 Å². The lowest BCUT2D eigenvalue weighted by molar-refractivity contribution is -0.274. The molecule has 2 heterocycles. The number of hydrogen-bond donors (Lipinski definition) is 1. The lowest BCUT2D eigenvalue weighted by Gasteiger charge is -2.14. The molecule has 10 nitrogen and oxygen atoms in total. The zero-order chi connectivity index (χ0) is 24.5. The zero-order valence-electron chi connectivity index (χ0n) is 17.7. The quantitative estimate of drug-likeness (QED) is 0.390. The number of fused-ring (bicyclic) bond motifs is 1. The molecular formula is C20H17F3N4O6S. The smallest absolute Gasteiger partial charge is 0.496 e. The van der Waals surface area contributed by atoms with Gasteiger partial charge in [0.15, 0.2) is 11.4 Å². The Morgan fingerprint density at radius 2 is 1.88 bits per heavy atom. The molecule has 0 fully saturated rings. The minimum atomic E-state index is -5.01. The van der Waals surface area contributed by atoms with Gasteiger partial charge in [0.05, 0.1) is 20.8 Å². The highest BCUT2D eigenvalue weighted by Gasteiger charge is 2.32. The fraction of sp³-hybridized carbons (Fsp3) is 0.200. The molecule has 0 radical (unpaired) electrons. The van der Waals surface area contributed by atoms with Crippen LogP contribution >= 0.6 is 0 Å². The van der Waals surface area contributed by atoms with E-state index < -0.39 is 27.0 Å². The third-order valence-corrected chi connectivity index (χ3v) is 5.97. The molecule has 0 saturated heterocycles. The maximum atomic E-state index is 13.1. The molecule has 0 aliphatic heterocycles. The van der Waals surface area contributed by atoms with Gasteiger partial charge < -0.3 is 18.7 Å². The van der Waals surface area contributed by atoms with Crippen LogP contribution in [0.4, 0.5) is 19.0 Å².